The molecule has 76 valence electrons. The number of anilines is 1. The molecule has 0 saturated carbocycles. The Bertz CT molecular complexity index is 314. The fourth-order valence-electron chi connectivity index (χ4n) is 0.997. The van der Waals surface area contributed by atoms with Gasteiger partial charge in [-0.25, -0.2) is 10.8 Å². The molecule has 0 aliphatic heterocycles. The zero-order chi connectivity index (χ0) is 10.6. The molecule has 0 radical (unpaired) electrons. The van der Waals surface area contributed by atoms with Crippen molar-refractivity contribution in [1.82, 2.24) is 5.43 Å². The summed E-state index contributed by atoms with van der Waals surface area (Å²) < 4.78 is 0. The highest BCUT2D eigenvalue weighted by atomic mass is 15.3. The Hall–Kier alpha value is -1.75. The molecule has 5 heteroatoms. The molecule has 0 bridgehead atoms. The van der Waals surface area contributed by atoms with Crippen LogP contribution in [-0.2, 0) is 0 Å². The van der Waals surface area contributed by atoms with E-state index in [9.17, 15) is 0 Å². The SMILES string of the molecule is CN(C)c1ccc(N=C(N)NN)cc1. The second kappa shape index (κ2) is 4.48. The maximum Gasteiger partial charge on any atom is 0.208 e. The monoisotopic (exact) mass is 193 g/mol. The highest BCUT2D eigenvalue weighted by molar-refractivity contribution is 5.80. The first-order valence-corrected chi connectivity index (χ1v) is 4.21. The Balaban J connectivity index is 2.84. The molecule has 0 saturated heterocycles. The Morgan fingerprint density at radius 1 is 1.29 bits per heavy atom. The predicted molar refractivity (Wildman–Crippen MR) is 59.4 cm³/mol. The predicted octanol–water partition coefficient (Wildman–Crippen LogP) is 0.162. The van der Waals surface area contributed by atoms with E-state index >= 15 is 0 Å². The number of guanidine groups is 1. The van der Waals surface area contributed by atoms with Gasteiger partial charge in [-0.15, -0.1) is 0 Å². The summed E-state index contributed by atoms with van der Waals surface area (Å²) in [6.07, 6.45) is 0. The standard InChI is InChI=1S/C9H15N5/c1-14(2)8-5-3-7(4-6-8)12-9(10)13-11/h3-6H,11H2,1-2H3,(H3,10,12,13). The van der Waals surface area contributed by atoms with E-state index in [1.165, 1.54) is 0 Å². The summed E-state index contributed by atoms with van der Waals surface area (Å²) >= 11 is 0. The van der Waals surface area contributed by atoms with E-state index in [1.807, 2.05) is 43.3 Å². The largest absolute Gasteiger partial charge is 0.378 e. The smallest absolute Gasteiger partial charge is 0.208 e. The lowest BCUT2D eigenvalue weighted by Crippen LogP contribution is -2.36. The molecule has 1 rings (SSSR count). The van der Waals surface area contributed by atoms with E-state index in [1.54, 1.807) is 0 Å². The first-order valence-electron chi connectivity index (χ1n) is 4.21. The topological polar surface area (TPSA) is 79.7 Å². The van der Waals surface area contributed by atoms with Crippen LogP contribution >= 0.6 is 0 Å². The van der Waals surface area contributed by atoms with Crippen LogP contribution in [0.25, 0.3) is 0 Å². The molecule has 0 aromatic heterocycles. The molecule has 0 fully saturated rings. The summed E-state index contributed by atoms with van der Waals surface area (Å²) in [6.45, 7) is 0. The van der Waals surface area contributed by atoms with Crippen molar-refractivity contribution < 1.29 is 0 Å². The average Bonchev–Trinajstić information content (AvgIpc) is 2.18. The Morgan fingerprint density at radius 3 is 2.29 bits per heavy atom. The second-order valence-electron chi connectivity index (χ2n) is 3.05. The van der Waals surface area contributed by atoms with Crippen molar-refractivity contribution in [3.8, 4) is 0 Å². The summed E-state index contributed by atoms with van der Waals surface area (Å²) in [5, 5.41) is 0. The fourth-order valence-corrected chi connectivity index (χ4v) is 0.997. The van der Waals surface area contributed by atoms with Crippen LogP contribution in [-0.4, -0.2) is 20.1 Å². The lowest BCUT2D eigenvalue weighted by atomic mass is 10.3. The van der Waals surface area contributed by atoms with Crippen LogP contribution in [0.5, 0.6) is 0 Å². The molecule has 1 aromatic rings. The Labute approximate surface area is 83.4 Å². The molecule has 5 nitrogen and oxygen atoms in total. The van der Waals surface area contributed by atoms with Crippen molar-refractivity contribution in [3.05, 3.63) is 24.3 Å². The van der Waals surface area contributed by atoms with Gasteiger partial charge in [0.25, 0.3) is 0 Å². The minimum atomic E-state index is 0.197. The van der Waals surface area contributed by atoms with Gasteiger partial charge in [0.1, 0.15) is 0 Å². The lowest BCUT2D eigenvalue weighted by molar-refractivity contribution is 1.01. The van der Waals surface area contributed by atoms with Crippen LogP contribution in [0.4, 0.5) is 11.4 Å². The van der Waals surface area contributed by atoms with Gasteiger partial charge in [0.2, 0.25) is 5.96 Å². The first kappa shape index (κ1) is 10.3. The molecule has 0 aliphatic carbocycles. The molecule has 5 N–H and O–H groups in total. The van der Waals surface area contributed by atoms with E-state index in [0.29, 0.717) is 0 Å². The number of nitrogens with two attached hydrogens (primary N) is 2. The summed E-state index contributed by atoms with van der Waals surface area (Å²) in [5.74, 6) is 5.28. The fraction of sp³-hybridized carbons (Fsp3) is 0.222. The minimum Gasteiger partial charge on any atom is -0.378 e. The Morgan fingerprint density at radius 2 is 1.86 bits per heavy atom. The van der Waals surface area contributed by atoms with E-state index < -0.39 is 0 Å². The van der Waals surface area contributed by atoms with Crippen LogP contribution in [0.2, 0.25) is 0 Å². The second-order valence-corrected chi connectivity index (χ2v) is 3.05. The molecule has 0 heterocycles. The molecule has 14 heavy (non-hydrogen) atoms. The average molecular weight is 193 g/mol. The third kappa shape index (κ3) is 2.63. The van der Waals surface area contributed by atoms with Crippen molar-refractivity contribution in [1.29, 1.82) is 0 Å². The molecular weight excluding hydrogens is 178 g/mol. The van der Waals surface area contributed by atoms with E-state index in [-0.39, 0.29) is 5.96 Å². The van der Waals surface area contributed by atoms with E-state index in [0.717, 1.165) is 11.4 Å². The summed E-state index contributed by atoms with van der Waals surface area (Å²) in [5.41, 5.74) is 9.56. The minimum absolute atomic E-state index is 0.197. The molecule has 0 spiro atoms. The van der Waals surface area contributed by atoms with Crippen LogP contribution in [0, 0.1) is 0 Å². The number of benzene rings is 1. The van der Waals surface area contributed by atoms with Crippen LogP contribution in [0.15, 0.2) is 29.3 Å². The van der Waals surface area contributed by atoms with Crippen molar-refractivity contribution >= 4 is 17.3 Å². The number of nitrogens with one attached hydrogen (secondary N) is 1. The molecular formula is C9H15N5. The Kier molecular flexibility index (Phi) is 3.30. The van der Waals surface area contributed by atoms with Gasteiger partial charge in [0, 0.05) is 19.8 Å². The van der Waals surface area contributed by atoms with Crippen molar-refractivity contribution in [2.24, 2.45) is 16.6 Å². The van der Waals surface area contributed by atoms with Crippen LogP contribution in [0.3, 0.4) is 0 Å². The highest BCUT2D eigenvalue weighted by Gasteiger charge is 1.95. The zero-order valence-corrected chi connectivity index (χ0v) is 8.36. The van der Waals surface area contributed by atoms with Crippen molar-refractivity contribution in [3.63, 3.8) is 0 Å². The van der Waals surface area contributed by atoms with Crippen molar-refractivity contribution in [2.75, 3.05) is 19.0 Å². The van der Waals surface area contributed by atoms with Gasteiger partial charge in [-0.05, 0) is 24.3 Å². The van der Waals surface area contributed by atoms with Gasteiger partial charge in [-0.3, -0.25) is 5.43 Å². The number of hydrazine groups is 1. The first-order chi connectivity index (χ1) is 6.63. The third-order valence-corrected chi connectivity index (χ3v) is 1.76. The number of aliphatic imine (C=N–C) groups is 1. The van der Waals surface area contributed by atoms with Crippen LogP contribution in [0.1, 0.15) is 0 Å². The quantitative estimate of drug-likeness (QED) is 0.270. The molecule has 1 aromatic carbocycles. The number of hydrogen-bond donors (Lipinski definition) is 3. The summed E-state index contributed by atoms with van der Waals surface area (Å²) in [6, 6.07) is 7.67. The van der Waals surface area contributed by atoms with Gasteiger partial charge in [-0.2, -0.15) is 0 Å². The molecule has 0 atom stereocenters. The van der Waals surface area contributed by atoms with E-state index in [4.69, 9.17) is 11.6 Å². The van der Waals surface area contributed by atoms with Gasteiger partial charge in [-0.1, -0.05) is 0 Å². The van der Waals surface area contributed by atoms with Crippen molar-refractivity contribution in [2.45, 2.75) is 0 Å². The van der Waals surface area contributed by atoms with Gasteiger partial charge in [0.15, 0.2) is 0 Å². The maximum absolute atomic E-state index is 5.41. The number of rotatable bonds is 2. The lowest BCUT2D eigenvalue weighted by Gasteiger charge is -2.11. The maximum atomic E-state index is 5.41. The number of nitrogens with zero attached hydrogens (tertiary/aromatic N) is 2. The van der Waals surface area contributed by atoms with Crippen LogP contribution < -0.4 is 21.9 Å². The molecule has 0 amide bonds. The van der Waals surface area contributed by atoms with Gasteiger partial charge < -0.3 is 10.6 Å². The molecule has 0 aliphatic rings. The highest BCUT2D eigenvalue weighted by Crippen LogP contribution is 2.17. The molecule has 0 unspecified atom stereocenters. The summed E-state index contributed by atoms with van der Waals surface area (Å²) in [4.78, 5) is 6.03. The van der Waals surface area contributed by atoms with Gasteiger partial charge >= 0.3 is 0 Å². The van der Waals surface area contributed by atoms with Gasteiger partial charge in [0.05, 0.1) is 5.69 Å². The number of hydrogen-bond acceptors (Lipinski definition) is 3. The third-order valence-electron chi connectivity index (χ3n) is 1.76. The normalized spacial score (nSPS) is 11.2. The summed E-state index contributed by atoms with van der Waals surface area (Å²) in [7, 11) is 3.96. The zero-order valence-electron chi connectivity index (χ0n) is 8.36. The van der Waals surface area contributed by atoms with E-state index in [2.05, 4.69) is 10.4 Å².